The summed E-state index contributed by atoms with van der Waals surface area (Å²) in [6, 6.07) is 1.27. The van der Waals surface area contributed by atoms with E-state index in [4.69, 9.17) is 12.2 Å². The highest BCUT2D eigenvalue weighted by molar-refractivity contribution is 7.80. The first kappa shape index (κ1) is 9.97. The molecule has 2 heteroatoms. The lowest BCUT2D eigenvalue weighted by Crippen LogP contribution is -2.40. The van der Waals surface area contributed by atoms with Gasteiger partial charge in [0.15, 0.2) is 0 Å². The lowest BCUT2D eigenvalue weighted by Gasteiger charge is -2.32. The van der Waals surface area contributed by atoms with E-state index < -0.39 is 0 Å². The Balaban J connectivity index is 2.70. The van der Waals surface area contributed by atoms with Crippen LogP contribution in [0.2, 0.25) is 0 Å². The van der Waals surface area contributed by atoms with E-state index in [-0.39, 0.29) is 0 Å². The molecule has 0 unspecified atom stereocenters. The molecule has 12 heavy (non-hydrogen) atoms. The summed E-state index contributed by atoms with van der Waals surface area (Å²) in [6.45, 7) is 9.03. The van der Waals surface area contributed by atoms with Crippen molar-refractivity contribution in [2.75, 3.05) is 0 Å². The van der Waals surface area contributed by atoms with Crippen molar-refractivity contribution in [3.05, 3.63) is 0 Å². The number of hydrogen-bond acceptors (Lipinski definition) is 1. The Labute approximate surface area is 81.1 Å². The molecule has 1 fully saturated rings. The first-order valence-corrected chi connectivity index (χ1v) is 5.26. The Kier molecular flexibility index (Phi) is 3.10. The van der Waals surface area contributed by atoms with E-state index in [1.165, 1.54) is 11.4 Å². The van der Waals surface area contributed by atoms with Gasteiger partial charge >= 0.3 is 0 Å². The van der Waals surface area contributed by atoms with Crippen LogP contribution in [0.3, 0.4) is 0 Å². The van der Waals surface area contributed by atoms with Gasteiger partial charge in [0.2, 0.25) is 0 Å². The molecule has 0 aromatic heterocycles. The van der Waals surface area contributed by atoms with Crippen molar-refractivity contribution in [3.8, 4) is 0 Å². The van der Waals surface area contributed by atoms with E-state index in [1.54, 1.807) is 0 Å². The summed E-state index contributed by atoms with van der Waals surface area (Å²) < 4.78 is 0. The predicted molar refractivity (Wildman–Crippen MR) is 57.4 cm³/mol. The van der Waals surface area contributed by atoms with E-state index in [1.807, 2.05) is 0 Å². The molecule has 1 aliphatic rings. The van der Waals surface area contributed by atoms with Gasteiger partial charge in [0.05, 0.1) is 4.99 Å². The third kappa shape index (κ3) is 1.79. The Morgan fingerprint density at radius 1 is 1.33 bits per heavy atom. The summed E-state index contributed by atoms with van der Waals surface area (Å²) in [5.74, 6) is 0.729. The van der Waals surface area contributed by atoms with Crippen molar-refractivity contribution in [3.63, 3.8) is 0 Å². The summed E-state index contributed by atoms with van der Waals surface area (Å²) >= 11 is 5.34. The Hall–Kier alpha value is -0.110. The largest absolute Gasteiger partial charge is 0.360 e. The maximum atomic E-state index is 5.34. The zero-order valence-corrected chi connectivity index (χ0v) is 9.32. The Morgan fingerprint density at radius 2 is 1.92 bits per heavy atom. The van der Waals surface area contributed by atoms with Crippen molar-refractivity contribution in [1.82, 2.24) is 4.90 Å². The maximum absolute atomic E-state index is 5.34. The van der Waals surface area contributed by atoms with Crippen LogP contribution in [0, 0.1) is 5.92 Å². The molecule has 1 aliphatic heterocycles. The van der Waals surface area contributed by atoms with Gasteiger partial charge in [-0.05, 0) is 32.6 Å². The molecule has 1 saturated heterocycles. The minimum atomic E-state index is 0.576. The highest BCUT2D eigenvalue weighted by Gasteiger charge is 2.31. The lowest BCUT2D eigenvalue weighted by atomic mass is 10.0. The van der Waals surface area contributed by atoms with Gasteiger partial charge in [0, 0.05) is 12.1 Å². The Bertz CT molecular complexity index is 175. The zero-order valence-electron chi connectivity index (χ0n) is 8.50. The smallest absolute Gasteiger partial charge is 0.0784 e. The van der Waals surface area contributed by atoms with Crippen LogP contribution in [0.1, 0.15) is 40.5 Å². The average Bonchev–Trinajstić information content (AvgIpc) is 2.30. The molecule has 1 heterocycles. The van der Waals surface area contributed by atoms with E-state index in [0.717, 1.165) is 12.3 Å². The number of hydrogen-bond donors (Lipinski definition) is 0. The number of thiocarbonyl (C=S) groups is 1. The molecule has 0 bridgehead atoms. The fraction of sp³-hybridized carbons (Fsp3) is 0.900. The molecular weight excluding hydrogens is 166 g/mol. The van der Waals surface area contributed by atoms with Gasteiger partial charge < -0.3 is 4.90 Å². The molecule has 70 valence electrons. The molecule has 0 N–H and O–H groups in total. The first-order chi connectivity index (χ1) is 5.54. The van der Waals surface area contributed by atoms with Crippen LogP contribution in [-0.2, 0) is 0 Å². The zero-order chi connectivity index (χ0) is 9.30. The molecule has 1 nitrogen and oxygen atoms in total. The number of rotatable bonds is 2. The van der Waals surface area contributed by atoms with Crippen molar-refractivity contribution in [2.45, 2.75) is 52.6 Å². The highest BCUT2D eigenvalue weighted by Crippen LogP contribution is 2.27. The summed E-state index contributed by atoms with van der Waals surface area (Å²) in [5, 5.41) is 0. The molecule has 1 rings (SSSR count). The molecule has 0 aromatic rings. The monoisotopic (exact) mass is 185 g/mol. The van der Waals surface area contributed by atoms with Crippen molar-refractivity contribution in [1.29, 1.82) is 0 Å². The fourth-order valence-corrected chi connectivity index (χ4v) is 2.51. The van der Waals surface area contributed by atoms with E-state index in [9.17, 15) is 0 Å². The van der Waals surface area contributed by atoms with E-state index >= 15 is 0 Å². The topological polar surface area (TPSA) is 3.24 Å². The van der Waals surface area contributed by atoms with Crippen LogP contribution in [0.25, 0.3) is 0 Å². The molecule has 0 amide bonds. The second-order valence-electron chi connectivity index (χ2n) is 4.24. The molecule has 0 spiro atoms. The summed E-state index contributed by atoms with van der Waals surface area (Å²) in [7, 11) is 0. The maximum Gasteiger partial charge on any atom is 0.0784 e. The van der Waals surface area contributed by atoms with Crippen molar-refractivity contribution < 1.29 is 0 Å². The third-order valence-corrected chi connectivity index (χ3v) is 3.04. The van der Waals surface area contributed by atoms with Crippen molar-refractivity contribution in [2.24, 2.45) is 5.92 Å². The summed E-state index contributed by atoms with van der Waals surface area (Å²) in [6.07, 6.45) is 2.38. The molecule has 0 aliphatic carbocycles. The Morgan fingerprint density at radius 3 is 2.25 bits per heavy atom. The van der Waals surface area contributed by atoms with Crippen LogP contribution in [0.5, 0.6) is 0 Å². The lowest BCUT2D eigenvalue weighted by molar-refractivity contribution is 0.232. The van der Waals surface area contributed by atoms with E-state index in [2.05, 4.69) is 32.6 Å². The second kappa shape index (κ2) is 3.73. The highest BCUT2D eigenvalue weighted by atomic mass is 32.1. The third-order valence-electron chi connectivity index (χ3n) is 2.63. The van der Waals surface area contributed by atoms with Gasteiger partial charge in [-0.15, -0.1) is 0 Å². The summed E-state index contributed by atoms with van der Waals surface area (Å²) in [5.41, 5.74) is 0. The van der Waals surface area contributed by atoms with Crippen molar-refractivity contribution >= 4 is 17.2 Å². The second-order valence-corrected chi connectivity index (χ2v) is 4.72. The fourth-order valence-electron chi connectivity index (χ4n) is 2.05. The summed E-state index contributed by atoms with van der Waals surface area (Å²) in [4.78, 5) is 3.59. The van der Waals surface area contributed by atoms with Gasteiger partial charge in [-0.1, -0.05) is 26.1 Å². The normalized spacial score (nSPS) is 24.7. The quantitative estimate of drug-likeness (QED) is 0.609. The van der Waals surface area contributed by atoms with Gasteiger partial charge in [0.1, 0.15) is 0 Å². The minimum Gasteiger partial charge on any atom is -0.360 e. The molecular formula is C10H19NS. The molecule has 0 saturated carbocycles. The van der Waals surface area contributed by atoms with Gasteiger partial charge in [-0.2, -0.15) is 0 Å². The van der Waals surface area contributed by atoms with Crippen LogP contribution in [0.4, 0.5) is 0 Å². The predicted octanol–water partition coefficient (Wildman–Crippen LogP) is 2.84. The molecule has 0 radical (unpaired) electrons. The van der Waals surface area contributed by atoms with Crippen LogP contribution in [0.15, 0.2) is 0 Å². The van der Waals surface area contributed by atoms with Crippen LogP contribution >= 0.6 is 12.2 Å². The van der Waals surface area contributed by atoms with E-state index in [0.29, 0.717) is 12.1 Å². The minimum absolute atomic E-state index is 0.576. The van der Waals surface area contributed by atoms with Gasteiger partial charge in [-0.3, -0.25) is 0 Å². The van der Waals surface area contributed by atoms with Crippen LogP contribution < -0.4 is 0 Å². The number of likely N-dealkylation sites (tertiary alicyclic amines) is 1. The van der Waals surface area contributed by atoms with Gasteiger partial charge in [0.25, 0.3) is 0 Å². The average molecular weight is 185 g/mol. The van der Waals surface area contributed by atoms with Gasteiger partial charge in [-0.25, -0.2) is 0 Å². The first-order valence-electron chi connectivity index (χ1n) is 4.85. The molecule has 1 atom stereocenters. The number of nitrogens with zero attached hydrogens (tertiary/aromatic N) is 1. The SMILES string of the molecule is CC(C)[C@@H]1CCC(=S)N1C(C)C. The standard InChI is InChI=1S/C10H19NS/c1-7(2)9-5-6-10(12)11(9)8(3)4/h7-9H,5-6H2,1-4H3/t9-/m0/s1. The molecule has 0 aromatic carbocycles. The van der Waals surface area contributed by atoms with Crippen LogP contribution in [-0.4, -0.2) is 22.0 Å².